The van der Waals surface area contributed by atoms with E-state index in [0.29, 0.717) is 6.54 Å². The van der Waals surface area contributed by atoms with Gasteiger partial charge in [-0.15, -0.1) is 0 Å². The molecule has 2 aromatic carbocycles. The molecule has 0 fully saturated rings. The van der Waals surface area contributed by atoms with Crippen molar-refractivity contribution < 1.29 is 9.53 Å². The summed E-state index contributed by atoms with van der Waals surface area (Å²) >= 11 is 0. The lowest BCUT2D eigenvalue weighted by Crippen LogP contribution is -2.25. The zero-order valence-corrected chi connectivity index (χ0v) is 12.7. The van der Waals surface area contributed by atoms with Crippen molar-refractivity contribution >= 4 is 11.6 Å². The third-order valence-corrected chi connectivity index (χ3v) is 3.93. The Morgan fingerprint density at radius 3 is 3.00 bits per heavy atom. The average Bonchev–Trinajstić information content (AvgIpc) is 2.59. The standard InChI is InChI=1S/C18H20N2O2/c1-22-14-6-2-5-13(11-14)12-20-18(21)16-7-3-9-17-15(16)8-4-10-19-17/h2-3,5-7,9,11,19H,4,8,10,12H2,1H3,(H,20,21). The van der Waals surface area contributed by atoms with Gasteiger partial charge < -0.3 is 15.4 Å². The van der Waals surface area contributed by atoms with E-state index in [1.165, 1.54) is 0 Å². The van der Waals surface area contributed by atoms with Crippen molar-refractivity contribution in [3.8, 4) is 5.75 Å². The number of ether oxygens (including phenoxy) is 1. The van der Waals surface area contributed by atoms with E-state index < -0.39 is 0 Å². The topological polar surface area (TPSA) is 50.4 Å². The van der Waals surface area contributed by atoms with E-state index in [1.54, 1.807) is 7.11 Å². The second-order valence-corrected chi connectivity index (χ2v) is 5.40. The first-order valence-electron chi connectivity index (χ1n) is 7.55. The summed E-state index contributed by atoms with van der Waals surface area (Å²) < 4.78 is 5.20. The Bertz CT molecular complexity index is 683. The van der Waals surface area contributed by atoms with E-state index in [9.17, 15) is 4.79 Å². The van der Waals surface area contributed by atoms with Crippen LogP contribution in [0.4, 0.5) is 5.69 Å². The monoisotopic (exact) mass is 296 g/mol. The molecular formula is C18H20N2O2. The minimum absolute atomic E-state index is 0.0247. The van der Waals surface area contributed by atoms with Crippen molar-refractivity contribution in [2.75, 3.05) is 19.0 Å². The molecule has 0 radical (unpaired) electrons. The number of amides is 1. The van der Waals surface area contributed by atoms with Gasteiger partial charge in [0.05, 0.1) is 7.11 Å². The first-order valence-corrected chi connectivity index (χ1v) is 7.55. The lowest BCUT2D eigenvalue weighted by atomic mass is 9.97. The molecule has 0 atom stereocenters. The Balaban J connectivity index is 1.72. The fourth-order valence-corrected chi connectivity index (χ4v) is 2.78. The molecule has 22 heavy (non-hydrogen) atoms. The van der Waals surface area contributed by atoms with Gasteiger partial charge in [-0.2, -0.15) is 0 Å². The Morgan fingerprint density at radius 2 is 2.14 bits per heavy atom. The number of nitrogens with one attached hydrogen (secondary N) is 2. The maximum absolute atomic E-state index is 12.5. The average molecular weight is 296 g/mol. The molecule has 114 valence electrons. The molecular weight excluding hydrogens is 276 g/mol. The molecule has 2 aromatic rings. The van der Waals surface area contributed by atoms with Crippen LogP contribution < -0.4 is 15.4 Å². The molecule has 1 amide bonds. The molecule has 1 aliphatic heterocycles. The summed E-state index contributed by atoms with van der Waals surface area (Å²) in [5, 5.41) is 6.34. The lowest BCUT2D eigenvalue weighted by molar-refractivity contribution is 0.0950. The Morgan fingerprint density at radius 1 is 1.27 bits per heavy atom. The summed E-state index contributed by atoms with van der Waals surface area (Å²) in [6, 6.07) is 13.6. The van der Waals surface area contributed by atoms with Crippen LogP contribution in [-0.4, -0.2) is 19.6 Å². The molecule has 2 N–H and O–H groups in total. The van der Waals surface area contributed by atoms with Crippen LogP contribution in [0, 0.1) is 0 Å². The van der Waals surface area contributed by atoms with E-state index in [2.05, 4.69) is 10.6 Å². The van der Waals surface area contributed by atoms with Gasteiger partial charge in [0.2, 0.25) is 0 Å². The third kappa shape index (κ3) is 3.06. The van der Waals surface area contributed by atoms with Gasteiger partial charge in [0.25, 0.3) is 5.91 Å². The number of carbonyl (C=O) groups is 1. The first-order chi connectivity index (χ1) is 10.8. The zero-order valence-electron chi connectivity index (χ0n) is 12.7. The number of fused-ring (bicyclic) bond motifs is 1. The highest BCUT2D eigenvalue weighted by Crippen LogP contribution is 2.25. The SMILES string of the molecule is COc1cccc(CNC(=O)c2cccc3c2CCCN3)c1. The number of carbonyl (C=O) groups excluding carboxylic acids is 1. The minimum atomic E-state index is -0.0247. The summed E-state index contributed by atoms with van der Waals surface area (Å²) in [4.78, 5) is 12.5. The molecule has 0 aliphatic carbocycles. The number of hydrogen-bond acceptors (Lipinski definition) is 3. The number of hydrogen-bond donors (Lipinski definition) is 2. The molecule has 4 nitrogen and oxygen atoms in total. The maximum Gasteiger partial charge on any atom is 0.251 e. The van der Waals surface area contributed by atoms with E-state index in [0.717, 1.165) is 47.5 Å². The van der Waals surface area contributed by atoms with E-state index in [1.807, 2.05) is 42.5 Å². The fraction of sp³-hybridized carbons (Fsp3) is 0.278. The predicted octanol–water partition coefficient (Wildman–Crippen LogP) is 2.98. The predicted molar refractivity (Wildman–Crippen MR) is 87.4 cm³/mol. The molecule has 0 aromatic heterocycles. The maximum atomic E-state index is 12.5. The smallest absolute Gasteiger partial charge is 0.251 e. The Hall–Kier alpha value is -2.49. The summed E-state index contributed by atoms with van der Waals surface area (Å²) in [6.07, 6.45) is 2.01. The van der Waals surface area contributed by atoms with Crippen molar-refractivity contribution in [1.82, 2.24) is 5.32 Å². The molecule has 0 saturated carbocycles. The highest BCUT2D eigenvalue weighted by molar-refractivity contribution is 5.97. The van der Waals surface area contributed by atoms with Crippen molar-refractivity contribution in [3.63, 3.8) is 0 Å². The molecule has 0 bridgehead atoms. The first kappa shape index (κ1) is 14.4. The molecule has 4 heteroatoms. The van der Waals surface area contributed by atoms with Crippen LogP contribution in [0.1, 0.15) is 27.9 Å². The number of rotatable bonds is 4. The summed E-state index contributed by atoms with van der Waals surface area (Å²) in [7, 11) is 1.64. The van der Waals surface area contributed by atoms with Gasteiger partial charge >= 0.3 is 0 Å². The molecule has 0 unspecified atom stereocenters. The van der Waals surface area contributed by atoms with Crippen molar-refractivity contribution in [1.29, 1.82) is 0 Å². The van der Waals surface area contributed by atoms with E-state index in [4.69, 9.17) is 4.74 Å². The summed E-state index contributed by atoms with van der Waals surface area (Å²) in [5.41, 5.74) is 4.00. The van der Waals surface area contributed by atoms with E-state index in [-0.39, 0.29) is 5.91 Å². The number of anilines is 1. The molecule has 1 aliphatic rings. The van der Waals surface area contributed by atoms with Crippen LogP contribution in [0.15, 0.2) is 42.5 Å². The van der Waals surface area contributed by atoms with Crippen LogP contribution in [0.25, 0.3) is 0 Å². The largest absolute Gasteiger partial charge is 0.497 e. The molecule has 0 spiro atoms. The minimum Gasteiger partial charge on any atom is -0.497 e. The zero-order chi connectivity index (χ0) is 15.4. The van der Waals surface area contributed by atoms with Crippen molar-refractivity contribution in [2.45, 2.75) is 19.4 Å². The number of benzene rings is 2. The molecule has 3 rings (SSSR count). The van der Waals surface area contributed by atoms with E-state index >= 15 is 0 Å². The van der Waals surface area contributed by atoms with Gasteiger partial charge in [-0.25, -0.2) is 0 Å². The second kappa shape index (κ2) is 6.52. The fourth-order valence-electron chi connectivity index (χ4n) is 2.78. The van der Waals surface area contributed by atoms with Gasteiger partial charge in [-0.05, 0) is 48.2 Å². The Labute approximate surface area is 130 Å². The summed E-state index contributed by atoms with van der Waals surface area (Å²) in [5.74, 6) is 0.774. The van der Waals surface area contributed by atoms with Gasteiger partial charge in [0.15, 0.2) is 0 Å². The highest BCUT2D eigenvalue weighted by Gasteiger charge is 2.16. The van der Waals surface area contributed by atoms with Crippen LogP contribution in [0.5, 0.6) is 5.75 Å². The van der Waals surface area contributed by atoms with Crippen LogP contribution in [-0.2, 0) is 13.0 Å². The van der Waals surface area contributed by atoms with Gasteiger partial charge in [-0.3, -0.25) is 4.79 Å². The molecule has 0 saturated heterocycles. The van der Waals surface area contributed by atoms with Gasteiger partial charge in [-0.1, -0.05) is 18.2 Å². The van der Waals surface area contributed by atoms with Crippen LogP contribution in [0.2, 0.25) is 0 Å². The van der Waals surface area contributed by atoms with Gasteiger partial charge in [0, 0.05) is 24.3 Å². The third-order valence-electron chi connectivity index (χ3n) is 3.93. The quantitative estimate of drug-likeness (QED) is 0.912. The van der Waals surface area contributed by atoms with Crippen molar-refractivity contribution in [2.24, 2.45) is 0 Å². The van der Waals surface area contributed by atoms with Crippen LogP contribution >= 0.6 is 0 Å². The normalized spacial score (nSPS) is 13.0. The summed E-state index contributed by atoms with van der Waals surface area (Å²) in [6.45, 7) is 1.47. The molecule has 1 heterocycles. The van der Waals surface area contributed by atoms with Crippen molar-refractivity contribution in [3.05, 3.63) is 59.2 Å². The highest BCUT2D eigenvalue weighted by atomic mass is 16.5. The lowest BCUT2D eigenvalue weighted by Gasteiger charge is -2.20. The van der Waals surface area contributed by atoms with Gasteiger partial charge in [0.1, 0.15) is 5.75 Å². The van der Waals surface area contributed by atoms with Crippen LogP contribution in [0.3, 0.4) is 0 Å². The number of methoxy groups -OCH3 is 1. The second-order valence-electron chi connectivity index (χ2n) is 5.40. The Kier molecular flexibility index (Phi) is 4.28.